The van der Waals surface area contributed by atoms with Crippen molar-refractivity contribution >= 4 is 29.7 Å². The van der Waals surface area contributed by atoms with Gasteiger partial charge in [0.1, 0.15) is 6.04 Å². The third-order valence-electron chi connectivity index (χ3n) is 10.0. The largest absolute Gasteiger partial charge is 0.481 e. The zero-order valence-corrected chi connectivity index (χ0v) is 39.3. The van der Waals surface area contributed by atoms with E-state index in [1.165, 1.54) is 37.0 Å². The lowest BCUT2D eigenvalue weighted by Gasteiger charge is -2.29. The van der Waals surface area contributed by atoms with Crippen LogP contribution >= 0.6 is 0 Å². The maximum absolute atomic E-state index is 13.4. The number of hydrogen-bond acceptors (Lipinski definition) is 13. The summed E-state index contributed by atoms with van der Waals surface area (Å²) in [5.41, 5.74) is 0. The van der Waals surface area contributed by atoms with E-state index in [4.69, 9.17) is 48.1 Å². The Balaban J connectivity index is 4.08. The Labute approximate surface area is 383 Å². The molecular formula is C46H86N2O16. The van der Waals surface area contributed by atoms with E-state index < -0.39 is 23.9 Å². The molecule has 0 aliphatic carbocycles. The molecular weight excluding hydrogens is 837 g/mol. The maximum Gasteiger partial charge on any atom is 0.326 e. The predicted molar refractivity (Wildman–Crippen MR) is 241 cm³/mol. The third-order valence-corrected chi connectivity index (χ3v) is 10.0. The van der Waals surface area contributed by atoms with Gasteiger partial charge < -0.3 is 63.4 Å². The first-order chi connectivity index (χ1) is 31.2. The Bertz CT molecular complexity index is 1120. The Morgan fingerprint density at radius 1 is 0.422 bits per heavy atom. The minimum atomic E-state index is -1.10. The highest BCUT2D eigenvalue weighted by atomic mass is 16.6. The molecule has 0 heterocycles. The molecule has 0 aromatic heterocycles. The van der Waals surface area contributed by atoms with Crippen molar-refractivity contribution in [3.8, 4) is 0 Å². The van der Waals surface area contributed by atoms with E-state index in [0.29, 0.717) is 112 Å². The first-order valence-electron chi connectivity index (χ1n) is 24.0. The SMILES string of the molecule is CCCCCCCCCCCN(C(=O)CCCCCCCCCC(=O)O)[C@@H](CCC(=O)NCCOCCOCCOCCOCCOCCOCCOCCOCCC(=O)O)C(=O)O. The highest BCUT2D eigenvalue weighted by Crippen LogP contribution is 2.17. The summed E-state index contributed by atoms with van der Waals surface area (Å²) < 4.78 is 43.3. The predicted octanol–water partition coefficient (Wildman–Crippen LogP) is 5.90. The molecule has 376 valence electrons. The fraction of sp³-hybridized carbons (Fsp3) is 0.891. The van der Waals surface area contributed by atoms with E-state index >= 15 is 0 Å². The van der Waals surface area contributed by atoms with Crippen molar-refractivity contribution in [2.75, 3.05) is 119 Å². The third kappa shape index (κ3) is 44.2. The van der Waals surface area contributed by atoms with Crippen molar-refractivity contribution in [1.29, 1.82) is 0 Å². The topological polar surface area (TPSA) is 235 Å². The summed E-state index contributed by atoms with van der Waals surface area (Å²) in [7, 11) is 0. The zero-order valence-electron chi connectivity index (χ0n) is 39.3. The summed E-state index contributed by atoms with van der Waals surface area (Å²) in [5.74, 6) is -3.23. The van der Waals surface area contributed by atoms with E-state index in [1.54, 1.807) is 0 Å². The molecule has 0 unspecified atom stereocenters. The minimum absolute atomic E-state index is 0.0190. The number of aliphatic carboxylic acids is 3. The van der Waals surface area contributed by atoms with Gasteiger partial charge in [-0.25, -0.2) is 4.79 Å². The molecule has 0 rings (SSSR count). The number of hydrogen-bond donors (Lipinski definition) is 4. The lowest BCUT2D eigenvalue weighted by atomic mass is 10.0. The second kappa shape index (κ2) is 48.0. The van der Waals surface area contributed by atoms with Gasteiger partial charge in [0, 0.05) is 32.4 Å². The highest BCUT2D eigenvalue weighted by molar-refractivity contribution is 5.84. The van der Waals surface area contributed by atoms with Crippen LogP contribution in [0.3, 0.4) is 0 Å². The smallest absolute Gasteiger partial charge is 0.326 e. The number of carboxylic acid groups (broad SMARTS) is 3. The van der Waals surface area contributed by atoms with Gasteiger partial charge in [-0.2, -0.15) is 0 Å². The molecule has 0 saturated heterocycles. The summed E-state index contributed by atoms with van der Waals surface area (Å²) in [4.78, 5) is 61.0. The van der Waals surface area contributed by atoms with Crippen molar-refractivity contribution in [2.24, 2.45) is 0 Å². The van der Waals surface area contributed by atoms with Crippen LogP contribution in [0.15, 0.2) is 0 Å². The van der Waals surface area contributed by atoms with Crippen LogP contribution in [0.5, 0.6) is 0 Å². The number of unbranched alkanes of at least 4 members (excludes halogenated alkanes) is 14. The Hall–Kier alpha value is -2.97. The van der Waals surface area contributed by atoms with Crippen LogP contribution in [0.25, 0.3) is 0 Å². The van der Waals surface area contributed by atoms with Crippen molar-refractivity contribution < 1.29 is 77.2 Å². The lowest BCUT2D eigenvalue weighted by molar-refractivity contribution is -0.151. The van der Waals surface area contributed by atoms with Gasteiger partial charge in [-0.3, -0.25) is 19.2 Å². The summed E-state index contributed by atoms with van der Waals surface area (Å²) in [6, 6.07) is -1.07. The molecule has 1 atom stereocenters. The average molecular weight is 923 g/mol. The van der Waals surface area contributed by atoms with E-state index in [1.807, 2.05) is 0 Å². The normalized spacial score (nSPS) is 11.8. The van der Waals surface area contributed by atoms with Crippen LogP contribution in [-0.4, -0.2) is 175 Å². The molecule has 64 heavy (non-hydrogen) atoms. The second-order valence-corrected chi connectivity index (χ2v) is 15.6. The number of nitrogens with one attached hydrogen (secondary N) is 1. The molecule has 18 nitrogen and oxygen atoms in total. The van der Waals surface area contributed by atoms with Crippen LogP contribution in [0.2, 0.25) is 0 Å². The number of carbonyl (C=O) groups is 5. The maximum atomic E-state index is 13.4. The summed E-state index contributed by atoms with van der Waals surface area (Å²) in [5, 5.41) is 30.2. The fourth-order valence-electron chi connectivity index (χ4n) is 6.46. The first kappa shape index (κ1) is 61.0. The molecule has 4 N–H and O–H groups in total. The average Bonchev–Trinajstić information content (AvgIpc) is 3.26. The van der Waals surface area contributed by atoms with E-state index in [-0.39, 0.29) is 63.7 Å². The summed E-state index contributed by atoms with van der Waals surface area (Å²) in [6.07, 6.45) is 16.4. The fourth-order valence-corrected chi connectivity index (χ4v) is 6.46. The Morgan fingerprint density at radius 3 is 1.19 bits per heavy atom. The van der Waals surface area contributed by atoms with Crippen LogP contribution in [0.1, 0.15) is 142 Å². The van der Waals surface area contributed by atoms with Crippen molar-refractivity contribution in [3.63, 3.8) is 0 Å². The molecule has 0 aromatic carbocycles. The quantitative estimate of drug-likeness (QED) is 0.0520. The Morgan fingerprint density at radius 2 is 0.781 bits per heavy atom. The van der Waals surface area contributed by atoms with Crippen molar-refractivity contribution in [1.82, 2.24) is 10.2 Å². The number of carbonyl (C=O) groups excluding carboxylic acids is 2. The van der Waals surface area contributed by atoms with Gasteiger partial charge in [0.25, 0.3) is 0 Å². The molecule has 0 fully saturated rings. The minimum Gasteiger partial charge on any atom is -0.481 e. The number of nitrogens with zero attached hydrogens (tertiary/aromatic N) is 1. The van der Waals surface area contributed by atoms with Crippen molar-refractivity contribution in [3.05, 3.63) is 0 Å². The van der Waals surface area contributed by atoms with Gasteiger partial charge in [-0.05, 0) is 25.7 Å². The molecule has 2 amide bonds. The number of rotatable bonds is 52. The van der Waals surface area contributed by atoms with Gasteiger partial charge >= 0.3 is 17.9 Å². The van der Waals surface area contributed by atoms with Crippen LogP contribution in [0.4, 0.5) is 0 Å². The van der Waals surface area contributed by atoms with Gasteiger partial charge in [0.2, 0.25) is 11.8 Å². The molecule has 0 radical (unpaired) electrons. The van der Waals surface area contributed by atoms with Crippen LogP contribution in [0, 0.1) is 0 Å². The van der Waals surface area contributed by atoms with Crippen LogP contribution < -0.4 is 5.32 Å². The van der Waals surface area contributed by atoms with E-state index in [0.717, 1.165) is 57.8 Å². The first-order valence-corrected chi connectivity index (χ1v) is 24.0. The number of ether oxygens (including phenoxy) is 8. The number of carboxylic acids is 3. The molecule has 0 spiro atoms. The summed E-state index contributed by atoms with van der Waals surface area (Å²) in [6.45, 7) is 8.99. The highest BCUT2D eigenvalue weighted by Gasteiger charge is 2.29. The number of amides is 2. The summed E-state index contributed by atoms with van der Waals surface area (Å²) >= 11 is 0. The molecule has 0 aliphatic rings. The zero-order chi connectivity index (χ0) is 47.0. The monoisotopic (exact) mass is 923 g/mol. The van der Waals surface area contributed by atoms with Gasteiger partial charge in [-0.1, -0.05) is 90.4 Å². The van der Waals surface area contributed by atoms with E-state index in [2.05, 4.69) is 12.2 Å². The van der Waals surface area contributed by atoms with Crippen molar-refractivity contribution in [2.45, 2.75) is 148 Å². The molecule has 0 aromatic rings. The van der Waals surface area contributed by atoms with Crippen LogP contribution in [-0.2, 0) is 61.9 Å². The van der Waals surface area contributed by atoms with E-state index in [9.17, 15) is 29.1 Å². The van der Waals surface area contributed by atoms with Gasteiger partial charge in [0.15, 0.2) is 0 Å². The second-order valence-electron chi connectivity index (χ2n) is 15.6. The standard InChI is InChI=1S/C46H86N2O16/c1-2-3-4-5-6-7-11-14-17-24-48(43(50)18-15-12-9-8-10-13-16-19-44(51)52)41(46(55)56)20-21-42(49)47-23-26-58-28-30-60-32-34-62-36-38-64-40-39-63-37-35-61-33-31-59-29-27-57-25-22-45(53)54/h41H,2-40H2,1H3,(H,47,49)(H,51,52)(H,53,54)(H,55,56)/t41-/m0/s1. The lowest BCUT2D eigenvalue weighted by Crippen LogP contribution is -2.46. The molecule has 0 aliphatic heterocycles. The molecule has 0 bridgehead atoms. The molecule has 0 saturated carbocycles. The molecule has 18 heteroatoms. The van der Waals surface area contributed by atoms with Gasteiger partial charge in [0.05, 0.1) is 112 Å². The Kier molecular flexibility index (Phi) is 45.8. The van der Waals surface area contributed by atoms with Gasteiger partial charge in [-0.15, -0.1) is 0 Å².